The minimum atomic E-state index is -0.527. The quantitative estimate of drug-likeness (QED) is 0.111. The number of amides is 3. The highest BCUT2D eigenvalue weighted by Crippen LogP contribution is 2.34. The molecule has 0 saturated heterocycles. The fourth-order valence-electron chi connectivity index (χ4n) is 4.54. The predicted molar refractivity (Wildman–Crippen MR) is 178 cm³/mol. The Balaban J connectivity index is 1.11. The fraction of sp³-hybridized carbons (Fsp3) is 0.0833. The number of aryl methyl sites for hydroxylation is 1. The molecule has 10 heteroatoms. The lowest BCUT2D eigenvalue weighted by Gasteiger charge is -2.11. The maximum atomic E-state index is 13.4. The van der Waals surface area contributed by atoms with E-state index in [0.717, 1.165) is 16.0 Å². The van der Waals surface area contributed by atoms with Crippen molar-refractivity contribution in [2.24, 2.45) is 0 Å². The molecular formula is C36H29N3O6S. The monoisotopic (exact) mass is 631 g/mol. The predicted octanol–water partition coefficient (Wildman–Crippen LogP) is 7.12. The molecular weight excluding hydrogens is 602 g/mol. The van der Waals surface area contributed by atoms with Crippen molar-refractivity contribution in [2.45, 2.75) is 11.8 Å². The summed E-state index contributed by atoms with van der Waals surface area (Å²) in [5.74, 6) is 1.34. The number of ether oxygens (including phenoxy) is 2. The zero-order valence-corrected chi connectivity index (χ0v) is 25.6. The molecule has 0 fully saturated rings. The van der Waals surface area contributed by atoms with Crippen LogP contribution in [0.25, 0.3) is 17.4 Å². The summed E-state index contributed by atoms with van der Waals surface area (Å²) >= 11 is 1.35. The van der Waals surface area contributed by atoms with E-state index in [1.165, 1.54) is 17.8 Å². The molecule has 2 heterocycles. The summed E-state index contributed by atoms with van der Waals surface area (Å²) in [6.07, 6.45) is 1.50. The van der Waals surface area contributed by atoms with E-state index in [0.29, 0.717) is 40.0 Å². The number of hydrogen-bond acceptors (Lipinski definition) is 7. The molecule has 0 atom stereocenters. The van der Waals surface area contributed by atoms with Gasteiger partial charge in [-0.15, -0.1) is 11.8 Å². The lowest BCUT2D eigenvalue weighted by atomic mass is 10.1. The van der Waals surface area contributed by atoms with Crippen LogP contribution in [0.15, 0.2) is 124 Å². The van der Waals surface area contributed by atoms with Crippen molar-refractivity contribution in [3.05, 3.63) is 132 Å². The summed E-state index contributed by atoms with van der Waals surface area (Å²) in [6, 6.07) is 32.4. The van der Waals surface area contributed by atoms with E-state index in [2.05, 4.69) is 16.0 Å². The second-order valence-corrected chi connectivity index (χ2v) is 11.4. The van der Waals surface area contributed by atoms with E-state index in [1.807, 2.05) is 43.3 Å². The number of hydrogen-bond donors (Lipinski definition) is 3. The Morgan fingerprint density at radius 3 is 2.30 bits per heavy atom. The van der Waals surface area contributed by atoms with Gasteiger partial charge in [0.05, 0.1) is 5.75 Å². The molecule has 3 N–H and O–H groups in total. The van der Waals surface area contributed by atoms with Crippen LogP contribution in [0.1, 0.15) is 21.7 Å². The van der Waals surface area contributed by atoms with Crippen LogP contribution < -0.4 is 25.4 Å². The van der Waals surface area contributed by atoms with E-state index < -0.39 is 11.8 Å². The van der Waals surface area contributed by atoms with Gasteiger partial charge in [-0.3, -0.25) is 14.4 Å². The van der Waals surface area contributed by atoms with Gasteiger partial charge in [0.15, 0.2) is 11.5 Å². The van der Waals surface area contributed by atoms with Gasteiger partial charge >= 0.3 is 0 Å². The number of thioether (sulfide) groups is 1. The van der Waals surface area contributed by atoms with Crippen molar-refractivity contribution < 1.29 is 28.3 Å². The molecule has 0 aliphatic carbocycles. The van der Waals surface area contributed by atoms with Crippen LogP contribution in [0.5, 0.6) is 11.5 Å². The summed E-state index contributed by atoms with van der Waals surface area (Å²) in [4.78, 5) is 39.8. The Morgan fingerprint density at radius 1 is 0.783 bits per heavy atom. The molecule has 3 amide bonds. The molecule has 9 nitrogen and oxygen atoms in total. The SMILES string of the molecule is Cc1ccc(-c2ccc(C=C(NC(=O)c3ccccc3)C(=O)Nc3ccc(SCC(=O)Nc4ccc5c(c4)OCO5)cc3)o2)cc1. The Kier molecular flexibility index (Phi) is 9.17. The minimum absolute atomic E-state index is 0.0114. The molecule has 0 unspecified atom stereocenters. The summed E-state index contributed by atoms with van der Waals surface area (Å²) in [6.45, 7) is 2.17. The molecule has 1 aromatic heterocycles. The molecule has 230 valence electrons. The lowest BCUT2D eigenvalue weighted by molar-refractivity contribution is -0.114. The van der Waals surface area contributed by atoms with Gasteiger partial charge in [-0.25, -0.2) is 0 Å². The maximum absolute atomic E-state index is 13.4. The van der Waals surface area contributed by atoms with Crippen molar-refractivity contribution in [2.75, 3.05) is 23.2 Å². The molecule has 0 spiro atoms. The van der Waals surface area contributed by atoms with Crippen molar-refractivity contribution in [1.82, 2.24) is 5.32 Å². The second-order valence-electron chi connectivity index (χ2n) is 10.3. The second kappa shape index (κ2) is 13.9. The number of carbonyl (C=O) groups excluding carboxylic acids is 3. The Hall–Kier alpha value is -5.74. The number of anilines is 2. The molecule has 0 bridgehead atoms. The van der Waals surface area contributed by atoms with Crippen LogP contribution in [0.2, 0.25) is 0 Å². The summed E-state index contributed by atoms with van der Waals surface area (Å²) < 4.78 is 16.6. The number of benzene rings is 4. The third kappa shape index (κ3) is 7.66. The van der Waals surface area contributed by atoms with Crippen LogP contribution in [-0.4, -0.2) is 30.3 Å². The van der Waals surface area contributed by atoms with Gasteiger partial charge in [0.1, 0.15) is 17.2 Å². The first-order chi connectivity index (χ1) is 22.4. The average Bonchev–Trinajstić information content (AvgIpc) is 3.74. The van der Waals surface area contributed by atoms with E-state index >= 15 is 0 Å². The zero-order chi connectivity index (χ0) is 31.9. The fourth-order valence-corrected chi connectivity index (χ4v) is 5.24. The van der Waals surface area contributed by atoms with Gasteiger partial charge in [-0.1, -0.05) is 48.0 Å². The summed E-state index contributed by atoms with van der Waals surface area (Å²) in [5.41, 5.74) is 3.58. The molecule has 1 aliphatic rings. The standard InChI is InChI=1S/C36H29N3O6S/c1-23-7-9-24(10-8-23)31-18-14-28(45-31)20-30(39-35(41)25-5-3-2-4-6-25)36(42)38-26-11-15-29(16-12-26)46-21-34(40)37-27-13-17-32-33(19-27)44-22-43-32/h2-20H,21-22H2,1H3,(H,37,40)(H,38,42)(H,39,41). The topological polar surface area (TPSA) is 119 Å². The Labute approximate surface area is 269 Å². The van der Waals surface area contributed by atoms with Crippen molar-refractivity contribution in [3.63, 3.8) is 0 Å². The van der Waals surface area contributed by atoms with Gasteiger partial charge in [0, 0.05) is 39.5 Å². The van der Waals surface area contributed by atoms with Crippen molar-refractivity contribution in [3.8, 4) is 22.8 Å². The highest BCUT2D eigenvalue weighted by molar-refractivity contribution is 8.00. The molecule has 5 aromatic rings. The van der Waals surface area contributed by atoms with Crippen LogP contribution >= 0.6 is 11.8 Å². The highest BCUT2D eigenvalue weighted by Gasteiger charge is 2.17. The van der Waals surface area contributed by atoms with Crippen LogP contribution in [0.4, 0.5) is 11.4 Å². The van der Waals surface area contributed by atoms with E-state index in [9.17, 15) is 14.4 Å². The van der Waals surface area contributed by atoms with Gasteiger partial charge in [0.25, 0.3) is 11.8 Å². The third-order valence-corrected chi connectivity index (χ3v) is 7.93. The van der Waals surface area contributed by atoms with Crippen LogP contribution in [0, 0.1) is 6.92 Å². The molecule has 46 heavy (non-hydrogen) atoms. The number of furan rings is 1. The Bertz CT molecular complexity index is 1900. The molecule has 0 radical (unpaired) electrons. The van der Waals surface area contributed by atoms with E-state index in [1.54, 1.807) is 72.8 Å². The lowest BCUT2D eigenvalue weighted by Crippen LogP contribution is -2.30. The van der Waals surface area contributed by atoms with Crippen molar-refractivity contribution >= 4 is 46.9 Å². The smallest absolute Gasteiger partial charge is 0.272 e. The number of fused-ring (bicyclic) bond motifs is 1. The van der Waals surface area contributed by atoms with Gasteiger partial charge in [0.2, 0.25) is 12.7 Å². The minimum Gasteiger partial charge on any atom is -0.457 e. The zero-order valence-electron chi connectivity index (χ0n) is 24.7. The van der Waals surface area contributed by atoms with Gasteiger partial charge < -0.3 is 29.8 Å². The summed E-state index contributed by atoms with van der Waals surface area (Å²) in [5, 5.41) is 8.41. The van der Waals surface area contributed by atoms with E-state index in [-0.39, 0.29) is 24.2 Å². The van der Waals surface area contributed by atoms with Gasteiger partial charge in [-0.2, -0.15) is 0 Å². The number of nitrogens with one attached hydrogen (secondary N) is 3. The van der Waals surface area contributed by atoms with Crippen LogP contribution in [-0.2, 0) is 9.59 Å². The first-order valence-electron chi connectivity index (χ1n) is 14.4. The molecule has 0 saturated carbocycles. The summed E-state index contributed by atoms with van der Waals surface area (Å²) in [7, 11) is 0. The number of carbonyl (C=O) groups is 3. The molecule has 1 aliphatic heterocycles. The first-order valence-corrected chi connectivity index (χ1v) is 15.4. The van der Waals surface area contributed by atoms with Crippen molar-refractivity contribution in [1.29, 1.82) is 0 Å². The third-order valence-electron chi connectivity index (χ3n) is 6.92. The Morgan fingerprint density at radius 2 is 1.52 bits per heavy atom. The highest BCUT2D eigenvalue weighted by atomic mass is 32.2. The molecule has 4 aromatic carbocycles. The average molecular weight is 632 g/mol. The first kappa shape index (κ1) is 30.3. The van der Waals surface area contributed by atoms with E-state index in [4.69, 9.17) is 13.9 Å². The maximum Gasteiger partial charge on any atom is 0.272 e. The molecule has 6 rings (SSSR count). The van der Waals surface area contributed by atoms with Gasteiger partial charge in [-0.05, 0) is 67.6 Å². The van der Waals surface area contributed by atoms with Crippen LogP contribution in [0.3, 0.4) is 0 Å². The largest absolute Gasteiger partial charge is 0.457 e. The number of rotatable bonds is 10. The normalized spacial score (nSPS) is 12.0.